The van der Waals surface area contributed by atoms with E-state index in [-0.39, 0.29) is 5.54 Å². The fourth-order valence-corrected chi connectivity index (χ4v) is 4.89. The van der Waals surface area contributed by atoms with Gasteiger partial charge in [0.2, 0.25) is 0 Å². The first-order valence-corrected chi connectivity index (χ1v) is 9.18. The van der Waals surface area contributed by atoms with Crippen LogP contribution in [0.5, 0.6) is 0 Å². The lowest BCUT2D eigenvalue weighted by atomic mass is 9.78. The van der Waals surface area contributed by atoms with E-state index in [1.165, 1.54) is 42.5 Å². The zero-order valence-corrected chi connectivity index (χ0v) is 14.2. The fourth-order valence-electron chi connectivity index (χ4n) is 3.72. The maximum absolute atomic E-state index is 5.11. The lowest BCUT2D eigenvalue weighted by molar-refractivity contribution is 0.266. The Bertz CT molecular complexity index is 552. The van der Waals surface area contributed by atoms with Gasteiger partial charge < -0.3 is 5.32 Å². The summed E-state index contributed by atoms with van der Waals surface area (Å²) in [5, 5.41) is 4.76. The van der Waals surface area contributed by atoms with E-state index in [4.69, 9.17) is 4.99 Å². The van der Waals surface area contributed by atoms with Gasteiger partial charge in [-0.1, -0.05) is 56.7 Å². The SMILES string of the molecule is CCc1cccc(C)c1NC1=NC2(CCCC(C)C2)CS1. The monoisotopic (exact) mass is 302 g/mol. The number of nitrogens with zero attached hydrogens (tertiary/aromatic N) is 1. The van der Waals surface area contributed by atoms with Gasteiger partial charge >= 0.3 is 0 Å². The molecule has 1 aromatic rings. The van der Waals surface area contributed by atoms with Crippen LogP contribution in [0, 0.1) is 12.8 Å². The van der Waals surface area contributed by atoms with Gasteiger partial charge in [0.15, 0.2) is 5.17 Å². The van der Waals surface area contributed by atoms with Crippen molar-refractivity contribution in [3.63, 3.8) is 0 Å². The summed E-state index contributed by atoms with van der Waals surface area (Å²) in [6.07, 6.45) is 6.30. The summed E-state index contributed by atoms with van der Waals surface area (Å²) >= 11 is 1.91. The Labute approximate surface area is 132 Å². The number of anilines is 1. The van der Waals surface area contributed by atoms with Gasteiger partial charge in [0.1, 0.15) is 0 Å². The van der Waals surface area contributed by atoms with E-state index in [1.54, 1.807) is 0 Å². The molecule has 1 fully saturated rings. The number of hydrogen-bond donors (Lipinski definition) is 1. The van der Waals surface area contributed by atoms with Crippen LogP contribution in [0.1, 0.15) is 50.7 Å². The zero-order chi connectivity index (χ0) is 14.9. The van der Waals surface area contributed by atoms with Crippen LogP contribution in [0.25, 0.3) is 0 Å². The van der Waals surface area contributed by atoms with Crippen LogP contribution >= 0.6 is 11.8 Å². The van der Waals surface area contributed by atoms with Crippen LogP contribution in [-0.4, -0.2) is 16.5 Å². The first-order valence-electron chi connectivity index (χ1n) is 8.20. The minimum Gasteiger partial charge on any atom is -0.335 e. The predicted octanol–water partition coefficient (Wildman–Crippen LogP) is 5.02. The third-order valence-electron chi connectivity index (χ3n) is 4.86. The van der Waals surface area contributed by atoms with Crippen LogP contribution in [0.3, 0.4) is 0 Å². The fraction of sp³-hybridized carbons (Fsp3) is 0.611. The Morgan fingerprint density at radius 3 is 3.05 bits per heavy atom. The number of aliphatic imine (C=N–C) groups is 1. The van der Waals surface area contributed by atoms with Gasteiger partial charge in [-0.25, -0.2) is 0 Å². The molecule has 1 aliphatic carbocycles. The normalized spacial score (nSPS) is 28.7. The molecule has 0 radical (unpaired) electrons. The van der Waals surface area contributed by atoms with Crippen molar-refractivity contribution in [2.75, 3.05) is 11.1 Å². The van der Waals surface area contributed by atoms with Crippen LogP contribution in [0.4, 0.5) is 5.69 Å². The minimum absolute atomic E-state index is 0.222. The summed E-state index contributed by atoms with van der Waals surface area (Å²) < 4.78 is 0. The molecule has 0 bridgehead atoms. The highest BCUT2D eigenvalue weighted by molar-refractivity contribution is 8.14. The zero-order valence-electron chi connectivity index (χ0n) is 13.4. The van der Waals surface area contributed by atoms with Gasteiger partial charge in [-0.3, -0.25) is 4.99 Å². The Kier molecular flexibility index (Phi) is 4.30. The molecule has 1 saturated carbocycles. The Morgan fingerprint density at radius 2 is 2.29 bits per heavy atom. The second kappa shape index (κ2) is 6.04. The second-order valence-electron chi connectivity index (χ2n) is 6.72. The molecule has 3 rings (SSSR count). The van der Waals surface area contributed by atoms with Crippen LogP contribution in [0.2, 0.25) is 0 Å². The Balaban J connectivity index is 1.80. The number of thioether (sulfide) groups is 1. The molecule has 1 aromatic carbocycles. The molecule has 114 valence electrons. The summed E-state index contributed by atoms with van der Waals surface area (Å²) in [4.78, 5) is 5.11. The molecule has 2 aliphatic rings. The highest BCUT2D eigenvalue weighted by atomic mass is 32.2. The molecule has 1 heterocycles. The summed E-state index contributed by atoms with van der Waals surface area (Å²) in [6, 6.07) is 6.54. The smallest absolute Gasteiger partial charge is 0.161 e. The quantitative estimate of drug-likeness (QED) is 0.829. The second-order valence-corrected chi connectivity index (χ2v) is 7.68. The standard InChI is InChI=1S/C18H26N2S/c1-4-15-9-5-8-14(3)16(15)19-17-20-18(12-21-17)10-6-7-13(2)11-18/h5,8-9,13H,4,6-7,10-12H2,1-3H3,(H,19,20). The van der Waals surface area contributed by atoms with Gasteiger partial charge in [-0.05, 0) is 43.2 Å². The van der Waals surface area contributed by atoms with E-state index in [2.05, 4.69) is 44.3 Å². The number of nitrogens with one attached hydrogen (secondary N) is 1. The van der Waals surface area contributed by atoms with E-state index in [1.807, 2.05) is 11.8 Å². The van der Waals surface area contributed by atoms with E-state index in [9.17, 15) is 0 Å². The van der Waals surface area contributed by atoms with Crippen molar-refractivity contribution in [2.45, 2.75) is 58.4 Å². The Hall–Kier alpha value is -0.960. The molecular weight excluding hydrogens is 276 g/mol. The van der Waals surface area contributed by atoms with Crippen molar-refractivity contribution in [3.05, 3.63) is 29.3 Å². The maximum atomic E-state index is 5.11. The summed E-state index contributed by atoms with van der Waals surface area (Å²) in [7, 11) is 0. The number of rotatable bonds is 2. The summed E-state index contributed by atoms with van der Waals surface area (Å²) in [6.45, 7) is 6.77. The lowest BCUT2D eigenvalue weighted by Crippen LogP contribution is -2.33. The third-order valence-corrected chi connectivity index (χ3v) is 6.00. The van der Waals surface area contributed by atoms with Crippen molar-refractivity contribution in [1.82, 2.24) is 0 Å². The lowest BCUT2D eigenvalue weighted by Gasteiger charge is -2.33. The number of hydrogen-bond acceptors (Lipinski definition) is 3. The van der Waals surface area contributed by atoms with Gasteiger partial charge in [0, 0.05) is 11.4 Å². The minimum atomic E-state index is 0.222. The summed E-state index contributed by atoms with van der Waals surface area (Å²) in [5.74, 6) is 1.99. The Morgan fingerprint density at radius 1 is 1.43 bits per heavy atom. The molecule has 21 heavy (non-hydrogen) atoms. The average molecular weight is 302 g/mol. The molecule has 0 amide bonds. The topological polar surface area (TPSA) is 24.4 Å². The number of aryl methyl sites for hydroxylation is 2. The van der Waals surface area contributed by atoms with Crippen molar-refractivity contribution >= 4 is 22.6 Å². The molecule has 1 N–H and O–H groups in total. The molecule has 2 unspecified atom stereocenters. The predicted molar refractivity (Wildman–Crippen MR) is 94.4 cm³/mol. The molecule has 1 spiro atoms. The number of para-hydroxylation sites is 1. The van der Waals surface area contributed by atoms with Crippen LogP contribution < -0.4 is 5.32 Å². The third kappa shape index (κ3) is 3.13. The van der Waals surface area contributed by atoms with Gasteiger partial charge in [-0.2, -0.15) is 0 Å². The maximum Gasteiger partial charge on any atom is 0.161 e. The van der Waals surface area contributed by atoms with E-state index in [0.29, 0.717) is 0 Å². The first-order chi connectivity index (χ1) is 10.1. The van der Waals surface area contributed by atoms with Crippen molar-refractivity contribution in [3.8, 4) is 0 Å². The van der Waals surface area contributed by atoms with Gasteiger partial charge in [0.25, 0.3) is 0 Å². The van der Waals surface area contributed by atoms with E-state index in [0.717, 1.165) is 23.3 Å². The first kappa shape index (κ1) is 15.0. The van der Waals surface area contributed by atoms with Crippen molar-refractivity contribution in [1.29, 1.82) is 0 Å². The summed E-state index contributed by atoms with van der Waals surface area (Å²) in [5.41, 5.74) is 4.19. The molecule has 2 atom stereocenters. The van der Waals surface area contributed by atoms with Gasteiger partial charge in [-0.15, -0.1) is 0 Å². The molecular formula is C18H26N2S. The molecule has 0 aromatic heterocycles. The van der Waals surface area contributed by atoms with E-state index >= 15 is 0 Å². The van der Waals surface area contributed by atoms with Gasteiger partial charge in [0.05, 0.1) is 5.54 Å². The number of amidine groups is 1. The number of benzene rings is 1. The largest absolute Gasteiger partial charge is 0.335 e. The molecule has 2 nitrogen and oxygen atoms in total. The average Bonchev–Trinajstić information content (AvgIpc) is 2.83. The van der Waals surface area contributed by atoms with Crippen molar-refractivity contribution in [2.24, 2.45) is 10.9 Å². The van der Waals surface area contributed by atoms with Crippen molar-refractivity contribution < 1.29 is 0 Å². The molecule has 3 heteroatoms. The van der Waals surface area contributed by atoms with Crippen LogP contribution in [-0.2, 0) is 6.42 Å². The van der Waals surface area contributed by atoms with E-state index < -0.39 is 0 Å². The highest BCUT2D eigenvalue weighted by Gasteiger charge is 2.39. The molecule has 1 aliphatic heterocycles. The highest BCUT2D eigenvalue weighted by Crippen LogP contribution is 2.42. The molecule has 0 saturated heterocycles. The van der Waals surface area contributed by atoms with Crippen LogP contribution in [0.15, 0.2) is 23.2 Å².